The molecule has 0 aromatic heterocycles. The molecule has 1 atom stereocenters. The van der Waals surface area contributed by atoms with Crippen LogP contribution in [-0.4, -0.2) is 46.2 Å². The molecule has 4 nitrogen and oxygen atoms in total. The highest BCUT2D eigenvalue weighted by atomic mass is 32.2. The number of ether oxygens (including phenoxy) is 1. The molecule has 0 aliphatic rings. The summed E-state index contributed by atoms with van der Waals surface area (Å²) in [4.78, 5) is 0. The number of hydrogen-bond acceptors (Lipinski definition) is 4. The fraction of sp³-hybridized carbons (Fsp3) is 1.00. The average molecular weight is 209 g/mol. The Labute approximate surface area is 80.6 Å². The highest BCUT2D eigenvalue weighted by Crippen LogP contribution is 1.94. The fourth-order valence-corrected chi connectivity index (χ4v) is 2.55. The van der Waals surface area contributed by atoms with Gasteiger partial charge in [0.25, 0.3) is 0 Å². The second-order valence-corrected chi connectivity index (χ2v) is 5.29. The fourth-order valence-electron chi connectivity index (χ4n) is 1.08. The maximum atomic E-state index is 11.4. The van der Waals surface area contributed by atoms with Gasteiger partial charge in [0.15, 0.2) is 9.84 Å². The Hall–Kier alpha value is -0.130. The van der Waals surface area contributed by atoms with Crippen LogP contribution in [0.4, 0.5) is 0 Å². The zero-order valence-corrected chi connectivity index (χ0v) is 9.36. The van der Waals surface area contributed by atoms with Gasteiger partial charge in [-0.15, -0.1) is 0 Å². The predicted octanol–water partition coefficient (Wildman–Crippen LogP) is 0.0456. The minimum Gasteiger partial charge on any atom is -0.384 e. The van der Waals surface area contributed by atoms with E-state index in [2.05, 4.69) is 5.32 Å². The first-order chi connectivity index (χ1) is 6.02. The third kappa shape index (κ3) is 6.98. The predicted molar refractivity (Wildman–Crippen MR) is 53.7 cm³/mol. The standard InChI is InChI=1S/C8H19NO3S/c1-4-9-8(2)7-13(10,11)6-5-12-3/h8-9H,4-7H2,1-3H3. The quantitative estimate of drug-likeness (QED) is 0.643. The second kappa shape index (κ2) is 6.34. The monoisotopic (exact) mass is 209 g/mol. The van der Waals surface area contributed by atoms with Crippen molar-refractivity contribution in [2.45, 2.75) is 19.9 Å². The van der Waals surface area contributed by atoms with E-state index in [0.29, 0.717) is 0 Å². The molecule has 0 radical (unpaired) electrons. The summed E-state index contributed by atoms with van der Waals surface area (Å²) >= 11 is 0. The molecule has 0 bridgehead atoms. The van der Waals surface area contributed by atoms with E-state index in [1.54, 1.807) is 0 Å². The van der Waals surface area contributed by atoms with Gasteiger partial charge in [0.2, 0.25) is 0 Å². The average Bonchev–Trinajstić information content (AvgIpc) is 2.00. The topological polar surface area (TPSA) is 55.4 Å². The molecule has 1 N–H and O–H groups in total. The molecule has 80 valence electrons. The molecular formula is C8H19NO3S. The number of sulfone groups is 1. The van der Waals surface area contributed by atoms with Crippen LogP contribution in [0.2, 0.25) is 0 Å². The molecule has 0 saturated heterocycles. The summed E-state index contributed by atoms with van der Waals surface area (Å²) < 4.78 is 27.4. The number of nitrogens with one attached hydrogen (secondary N) is 1. The SMILES string of the molecule is CCNC(C)CS(=O)(=O)CCOC. The third-order valence-electron chi connectivity index (χ3n) is 1.65. The Balaban J connectivity index is 3.87. The van der Waals surface area contributed by atoms with E-state index in [-0.39, 0.29) is 24.2 Å². The van der Waals surface area contributed by atoms with Crippen molar-refractivity contribution in [3.63, 3.8) is 0 Å². The first-order valence-corrected chi connectivity index (χ1v) is 6.26. The summed E-state index contributed by atoms with van der Waals surface area (Å²) in [6.07, 6.45) is 0. The van der Waals surface area contributed by atoms with Gasteiger partial charge in [-0.05, 0) is 13.5 Å². The van der Waals surface area contributed by atoms with Crippen molar-refractivity contribution >= 4 is 9.84 Å². The molecule has 0 aromatic rings. The maximum absolute atomic E-state index is 11.4. The van der Waals surface area contributed by atoms with Crippen molar-refractivity contribution in [2.75, 3.05) is 31.8 Å². The van der Waals surface area contributed by atoms with Crippen molar-refractivity contribution in [2.24, 2.45) is 0 Å². The molecule has 13 heavy (non-hydrogen) atoms. The molecule has 0 fully saturated rings. The van der Waals surface area contributed by atoms with Crippen LogP contribution in [0.5, 0.6) is 0 Å². The van der Waals surface area contributed by atoms with Crippen LogP contribution < -0.4 is 5.32 Å². The molecule has 0 spiro atoms. The number of rotatable bonds is 7. The van der Waals surface area contributed by atoms with Crippen LogP contribution in [0.1, 0.15) is 13.8 Å². The van der Waals surface area contributed by atoms with Crippen molar-refractivity contribution in [3.05, 3.63) is 0 Å². The highest BCUT2D eigenvalue weighted by Gasteiger charge is 2.14. The molecule has 0 aliphatic carbocycles. The molecule has 0 saturated carbocycles. The van der Waals surface area contributed by atoms with E-state index in [4.69, 9.17) is 4.74 Å². The molecule has 5 heteroatoms. The second-order valence-electron chi connectivity index (χ2n) is 3.07. The van der Waals surface area contributed by atoms with E-state index in [9.17, 15) is 8.42 Å². The van der Waals surface area contributed by atoms with Gasteiger partial charge in [-0.25, -0.2) is 8.42 Å². The van der Waals surface area contributed by atoms with Gasteiger partial charge in [-0.2, -0.15) is 0 Å². The third-order valence-corrected chi connectivity index (χ3v) is 3.45. The van der Waals surface area contributed by atoms with Gasteiger partial charge in [0.05, 0.1) is 18.1 Å². The van der Waals surface area contributed by atoms with Gasteiger partial charge >= 0.3 is 0 Å². The van der Waals surface area contributed by atoms with E-state index in [1.807, 2.05) is 13.8 Å². The Bertz CT molecular complexity index is 213. The van der Waals surface area contributed by atoms with Gasteiger partial charge in [0, 0.05) is 13.2 Å². The lowest BCUT2D eigenvalue weighted by atomic mass is 10.4. The van der Waals surface area contributed by atoms with Crippen LogP contribution in [-0.2, 0) is 14.6 Å². The molecule has 1 unspecified atom stereocenters. The van der Waals surface area contributed by atoms with E-state index in [0.717, 1.165) is 6.54 Å². The molecule has 0 rings (SSSR count). The summed E-state index contributed by atoms with van der Waals surface area (Å²) in [5.74, 6) is 0.295. The summed E-state index contributed by atoms with van der Waals surface area (Å²) in [5.41, 5.74) is 0. The summed E-state index contributed by atoms with van der Waals surface area (Å²) in [6, 6.07) is 0.0202. The molecule has 0 heterocycles. The Morgan fingerprint density at radius 1 is 1.46 bits per heavy atom. The molecular weight excluding hydrogens is 190 g/mol. The molecule has 0 aliphatic heterocycles. The first kappa shape index (κ1) is 12.9. The summed E-state index contributed by atoms with van der Waals surface area (Å²) in [5, 5.41) is 3.06. The van der Waals surface area contributed by atoms with E-state index in [1.165, 1.54) is 7.11 Å². The first-order valence-electron chi connectivity index (χ1n) is 4.44. The van der Waals surface area contributed by atoms with Crippen LogP contribution in [0.25, 0.3) is 0 Å². The lowest BCUT2D eigenvalue weighted by molar-refractivity contribution is 0.217. The van der Waals surface area contributed by atoms with Gasteiger partial charge < -0.3 is 10.1 Å². The van der Waals surface area contributed by atoms with Crippen molar-refractivity contribution in [1.29, 1.82) is 0 Å². The van der Waals surface area contributed by atoms with Crippen LogP contribution in [0, 0.1) is 0 Å². The minimum atomic E-state index is -2.95. The van der Waals surface area contributed by atoms with Gasteiger partial charge in [-0.3, -0.25) is 0 Å². The van der Waals surface area contributed by atoms with Crippen molar-refractivity contribution in [1.82, 2.24) is 5.32 Å². The van der Waals surface area contributed by atoms with E-state index >= 15 is 0 Å². The van der Waals surface area contributed by atoms with Crippen LogP contribution in [0.15, 0.2) is 0 Å². The lowest BCUT2D eigenvalue weighted by Crippen LogP contribution is -2.34. The van der Waals surface area contributed by atoms with E-state index < -0.39 is 9.84 Å². The minimum absolute atomic E-state index is 0.0202. The smallest absolute Gasteiger partial charge is 0.154 e. The summed E-state index contributed by atoms with van der Waals surface area (Å²) in [6.45, 7) is 4.90. The van der Waals surface area contributed by atoms with Gasteiger partial charge in [-0.1, -0.05) is 6.92 Å². The summed E-state index contributed by atoms with van der Waals surface area (Å²) in [7, 11) is -1.45. The van der Waals surface area contributed by atoms with Crippen LogP contribution >= 0.6 is 0 Å². The maximum Gasteiger partial charge on any atom is 0.154 e. The lowest BCUT2D eigenvalue weighted by Gasteiger charge is -2.11. The van der Waals surface area contributed by atoms with Crippen molar-refractivity contribution < 1.29 is 13.2 Å². The highest BCUT2D eigenvalue weighted by molar-refractivity contribution is 7.91. The molecule has 0 aromatic carbocycles. The molecule has 0 amide bonds. The van der Waals surface area contributed by atoms with Crippen LogP contribution in [0.3, 0.4) is 0 Å². The van der Waals surface area contributed by atoms with Gasteiger partial charge in [0.1, 0.15) is 0 Å². The Morgan fingerprint density at radius 2 is 2.08 bits per heavy atom. The number of hydrogen-bond donors (Lipinski definition) is 1. The Kier molecular flexibility index (Phi) is 6.28. The Morgan fingerprint density at radius 3 is 2.54 bits per heavy atom. The van der Waals surface area contributed by atoms with Crippen molar-refractivity contribution in [3.8, 4) is 0 Å². The largest absolute Gasteiger partial charge is 0.384 e. The zero-order valence-electron chi connectivity index (χ0n) is 8.54. The normalized spacial score (nSPS) is 14.4. The number of methoxy groups -OCH3 is 1. The zero-order chi connectivity index (χ0) is 10.3.